The minimum atomic E-state index is -4.50. The molecule has 1 aromatic carbocycles. The van der Waals surface area contributed by atoms with Crippen molar-refractivity contribution >= 4 is 17.5 Å². The van der Waals surface area contributed by atoms with Crippen molar-refractivity contribution in [1.82, 2.24) is 20.2 Å². The highest BCUT2D eigenvalue weighted by Crippen LogP contribution is 2.32. The second-order valence-electron chi connectivity index (χ2n) is 3.14. The Morgan fingerprint density at radius 2 is 1.94 bits per heavy atom. The van der Waals surface area contributed by atoms with Crippen molar-refractivity contribution in [1.29, 1.82) is 0 Å². The first-order valence-electron chi connectivity index (χ1n) is 4.30. The van der Waals surface area contributed by atoms with E-state index < -0.39 is 11.7 Å². The zero-order chi connectivity index (χ0) is 12.6. The van der Waals surface area contributed by atoms with Crippen LogP contribution in [0, 0.1) is 0 Å². The Morgan fingerprint density at radius 1 is 1.24 bits per heavy atom. The SMILES string of the molecule is Nc1nnnn1-c1cc(Cl)cc(C(F)(F)F)c1. The molecule has 0 saturated carbocycles. The van der Waals surface area contributed by atoms with Gasteiger partial charge in [-0.2, -0.15) is 17.9 Å². The van der Waals surface area contributed by atoms with Gasteiger partial charge in [0.05, 0.1) is 11.3 Å². The van der Waals surface area contributed by atoms with E-state index in [1.165, 1.54) is 6.07 Å². The summed E-state index contributed by atoms with van der Waals surface area (Å²) in [6, 6.07) is 2.95. The van der Waals surface area contributed by atoms with Crippen molar-refractivity contribution in [3.63, 3.8) is 0 Å². The lowest BCUT2D eigenvalue weighted by Gasteiger charge is -2.09. The highest BCUT2D eigenvalue weighted by molar-refractivity contribution is 6.30. The predicted molar refractivity (Wildman–Crippen MR) is 53.6 cm³/mol. The third kappa shape index (κ3) is 2.31. The summed E-state index contributed by atoms with van der Waals surface area (Å²) in [5.74, 6) is -0.125. The van der Waals surface area contributed by atoms with E-state index in [2.05, 4.69) is 15.5 Å². The summed E-state index contributed by atoms with van der Waals surface area (Å²) in [4.78, 5) is 0. The molecule has 0 amide bonds. The number of halogens is 4. The van der Waals surface area contributed by atoms with E-state index in [4.69, 9.17) is 17.3 Å². The summed E-state index contributed by atoms with van der Waals surface area (Å²) in [6.07, 6.45) is -4.50. The Balaban J connectivity index is 2.57. The van der Waals surface area contributed by atoms with E-state index in [-0.39, 0.29) is 16.7 Å². The zero-order valence-corrected chi connectivity index (χ0v) is 8.87. The summed E-state index contributed by atoms with van der Waals surface area (Å²) >= 11 is 5.60. The zero-order valence-electron chi connectivity index (χ0n) is 8.11. The van der Waals surface area contributed by atoms with E-state index in [9.17, 15) is 13.2 Å². The van der Waals surface area contributed by atoms with Crippen LogP contribution in [-0.2, 0) is 6.18 Å². The third-order valence-corrected chi connectivity index (χ3v) is 2.17. The molecular weight excluding hydrogens is 259 g/mol. The smallest absolute Gasteiger partial charge is 0.366 e. The molecule has 0 saturated heterocycles. The Labute approximate surface area is 98.0 Å². The summed E-state index contributed by atoms with van der Waals surface area (Å²) < 4.78 is 38.6. The molecule has 1 heterocycles. The van der Waals surface area contributed by atoms with Crippen LogP contribution in [0.4, 0.5) is 19.1 Å². The third-order valence-electron chi connectivity index (χ3n) is 1.95. The number of benzene rings is 1. The molecule has 2 rings (SSSR count). The second kappa shape index (κ2) is 3.88. The van der Waals surface area contributed by atoms with Crippen LogP contribution in [-0.4, -0.2) is 20.2 Å². The van der Waals surface area contributed by atoms with Crippen molar-refractivity contribution < 1.29 is 13.2 Å². The minimum absolute atomic E-state index is 0.0484. The molecule has 5 nitrogen and oxygen atoms in total. The number of tetrazole rings is 1. The molecular formula is C8H5ClF3N5. The average molecular weight is 264 g/mol. The predicted octanol–water partition coefficient (Wildman–Crippen LogP) is 1.92. The van der Waals surface area contributed by atoms with Gasteiger partial charge in [-0.25, -0.2) is 0 Å². The number of hydrogen-bond acceptors (Lipinski definition) is 4. The van der Waals surface area contributed by atoms with Gasteiger partial charge in [0, 0.05) is 5.02 Å². The summed E-state index contributed by atoms with van der Waals surface area (Å²) in [7, 11) is 0. The van der Waals surface area contributed by atoms with Gasteiger partial charge in [-0.15, -0.1) is 0 Å². The van der Waals surface area contributed by atoms with Crippen molar-refractivity contribution in [2.24, 2.45) is 0 Å². The van der Waals surface area contributed by atoms with Crippen LogP contribution < -0.4 is 5.73 Å². The molecule has 2 N–H and O–H groups in total. The Hall–Kier alpha value is -1.83. The van der Waals surface area contributed by atoms with Gasteiger partial charge >= 0.3 is 6.18 Å². The first kappa shape index (κ1) is 11.6. The fourth-order valence-corrected chi connectivity index (χ4v) is 1.47. The Morgan fingerprint density at radius 3 is 2.47 bits per heavy atom. The molecule has 0 aliphatic carbocycles. The number of aromatic nitrogens is 4. The maximum absolute atomic E-state index is 12.5. The Kier molecular flexibility index (Phi) is 2.66. The van der Waals surface area contributed by atoms with Crippen molar-refractivity contribution in [2.45, 2.75) is 6.18 Å². The van der Waals surface area contributed by atoms with Crippen LogP contribution in [0.1, 0.15) is 5.56 Å². The van der Waals surface area contributed by atoms with Crippen LogP contribution in [0.2, 0.25) is 5.02 Å². The van der Waals surface area contributed by atoms with Crippen LogP contribution >= 0.6 is 11.6 Å². The largest absolute Gasteiger partial charge is 0.416 e. The van der Waals surface area contributed by atoms with Crippen LogP contribution in [0.25, 0.3) is 5.69 Å². The summed E-state index contributed by atoms with van der Waals surface area (Å²) in [6.45, 7) is 0. The number of rotatable bonds is 1. The number of nitrogens with two attached hydrogens (primary N) is 1. The molecule has 0 spiro atoms. The number of nitrogen functional groups attached to an aromatic ring is 1. The van der Waals surface area contributed by atoms with Gasteiger partial charge < -0.3 is 5.73 Å². The lowest BCUT2D eigenvalue weighted by molar-refractivity contribution is -0.137. The molecule has 0 aliphatic rings. The average Bonchev–Trinajstić information content (AvgIpc) is 2.62. The number of anilines is 1. The molecule has 0 fully saturated rings. The number of hydrogen-bond donors (Lipinski definition) is 1. The fraction of sp³-hybridized carbons (Fsp3) is 0.125. The molecule has 2 aromatic rings. The van der Waals surface area contributed by atoms with Crippen LogP contribution in [0.5, 0.6) is 0 Å². The van der Waals surface area contributed by atoms with Gasteiger partial charge in [0.15, 0.2) is 0 Å². The molecule has 0 aliphatic heterocycles. The molecule has 1 aromatic heterocycles. The molecule has 0 atom stereocenters. The first-order chi connectivity index (χ1) is 7.88. The van der Waals surface area contributed by atoms with Crippen LogP contribution in [0.3, 0.4) is 0 Å². The highest BCUT2D eigenvalue weighted by atomic mass is 35.5. The van der Waals surface area contributed by atoms with Crippen molar-refractivity contribution in [3.8, 4) is 5.69 Å². The molecule has 9 heteroatoms. The molecule has 0 radical (unpaired) electrons. The van der Waals surface area contributed by atoms with Gasteiger partial charge in [0.25, 0.3) is 0 Å². The quantitative estimate of drug-likeness (QED) is 0.853. The van der Waals surface area contributed by atoms with Gasteiger partial charge in [-0.1, -0.05) is 16.7 Å². The first-order valence-corrected chi connectivity index (χ1v) is 4.68. The van der Waals surface area contributed by atoms with E-state index >= 15 is 0 Å². The van der Waals surface area contributed by atoms with Gasteiger partial charge in [0.1, 0.15) is 0 Å². The van der Waals surface area contributed by atoms with E-state index in [0.29, 0.717) is 0 Å². The molecule has 90 valence electrons. The normalized spacial score (nSPS) is 11.8. The minimum Gasteiger partial charge on any atom is -0.366 e. The molecule has 0 unspecified atom stereocenters. The van der Waals surface area contributed by atoms with E-state index in [1.807, 2.05) is 0 Å². The topological polar surface area (TPSA) is 69.6 Å². The van der Waals surface area contributed by atoms with Crippen molar-refractivity contribution in [2.75, 3.05) is 5.73 Å². The van der Waals surface area contributed by atoms with Gasteiger partial charge in [-0.3, -0.25) is 0 Å². The van der Waals surface area contributed by atoms with Gasteiger partial charge in [0.2, 0.25) is 5.95 Å². The maximum atomic E-state index is 12.5. The maximum Gasteiger partial charge on any atom is 0.416 e. The lowest BCUT2D eigenvalue weighted by atomic mass is 10.2. The molecule has 0 bridgehead atoms. The van der Waals surface area contributed by atoms with Crippen LogP contribution in [0.15, 0.2) is 18.2 Å². The standard InChI is InChI=1S/C8H5ClF3N5/c9-5-1-4(8(10,11)12)2-6(3-5)17-7(13)14-15-16-17/h1-3H,(H2,13,14,16). The van der Waals surface area contributed by atoms with Gasteiger partial charge in [-0.05, 0) is 28.6 Å². The summed E-state index contributed by atoms with van der Waals surface area (Å²) in [5.41, 5.74) is 4.54. The monoisotopic (exact) mass is 263 g/mol. The second-order valence-corrected chi connectivity index (χ2v) is 3.58. The lowest BCUT2D eigenvalue weighted by Crippen LogP contribution is -2.08. The summed E-state index contributed by atoms with van der Waals surface area (Å²) in [5, 5.41) is 9.98. The number of nitrogens with zero attached hydrogens (tertiary/aromatic N) is 4. The van der Waals surface area contributed by atoms with E-state index in [1.54, 1.807) is 0 Å². The Bertz CT molecular complexity index is 550. The van der Waals surface area contributed by atoms with E-state index in [0.717, 1.165) is 16.8 Å². The molecule has 17 heavy (non-hydrogen) atoms. The highest BCUT2D eigenvalue weighted by Gasteiger charge is 2.31. The van der Waals surface area contributed by atoms with Crippen molar-refractivity contribution in [3.05, 3.63) is 28.8 Å². The fourth-order valence-electron chi connectivity index (χ4n) is 1.24. The number of alkyl halides is 3.